The lowest BCUT2D eigenvalue weighted by molar-refractivity contribution is -0.114. The minimum atomic E-state index is -3.58. The minimum absolute atomic E-state index is 1.87. The fourth-order valence-electron chi connectivity index (χ4n) is 0.0491. The van der Waals surface area contributed by atoms with Crippen LogP contribution in [0.15, 0.2) is 0 Å². The van der Waals surface area contributed by atoms with Gasteiger partial charge in [0.2, 0.25) is 5.24 Å². The highest BCUT2D eigenvalue weighted by Gasteiger charge is 2.04. The highest BCUT2D eigenvalue weighted by molar-refractivity contribution is 6.63. The van der Waals surface area contributed by atoms with E-state index < -0.39 is 31.2 Å². The van der Waals surface area contributed by atoms with Gasteiger partial charge in [0.05, 0.1) is 0 Å². The molecule has 2 heteroatoms. The van der Waals surface area contributed by atoms with Crippen molar-refractivity contribution in [3.05, 3.63) is 0 Å². The fourth-order valence-corrected chi connectivity index (χ4v) is 0.0964. The number of rotatable bonds is 2. The fraction of sp³-hybridized carbons (Fsp3) is 0.800. The third-order valence-corrected chi connectivity index (χ3v) is 0.511. The summed E-state index contributed by atoms with van der Waals surface area (Å²) in [6.07, 6.45) is -3.58. The van der Waals surface area contributed by atoms with Crippen LogP contribution in [0.2, 0.25) is 0 Å². The first-order chi connectivity index (χ1) is 6.69. The van der Waals surface area contributed by atoms with Crippen molar-refractivity contribution in [1.82, 2.24) is 0 Å². The zero-order valence-electron chi connectivity index (χ0n) is 12.3. The molecule has 1 unspecified atom stereocenters. The van der Waals surface area contributed by atoms with Gasteiger partial charge in [-0.1, -0.05) is 13.7 Å². The lowest BCUT2D eigenvalue weighted by Crippen LogP contribution is -1.99. The Morgan fingerprint density at radius 2 is 3.14 bits per heavy atom. The van der Waals surface area contributed by atoms with Gasteiger partial charge in [0, 0.05) is 18.2 Å². The maximum Gasteiger partial charge on any atom is 0.224 e. The Balaban J connectivity index is 5.85. The van der Waals surface area contributed by atoms with E-state index in [4.69, 9.17) is 23.9 Å². The van der Waals surface area contributed by atoms with Crippen LogP contribution in [0.5, 0.6) is 0 Å². The van der Waals surface area contributed by atoms with Crippen molar-refractivity contribution in [2.24, 2.45) is 5.89 Å². The third kappa shape index (κ3) is 2.63. The Kier molecular flexibility index (Phi) is 0.478. The van der Waals surface area contributed by atoms with Crippen LogP contribution >= 0.6 is 11.6 Å². The van der Waals surface area contributed by atoms with Gasteiger partial charge in [0.25, 0.3) is 0 Å². The maximum atomic E-state index is 10.9. The smallest absolute Gasteiger partial charge is 0.224 e. The first-order valence-electron chi connectivity index (χ1n) is 5.89. The summed E-state index contributed by atoms with van der Waals surface area (Å²) >= 11 is 4.88. The second-order valence-electron chi connectivity index (χ2n) is 0.774. The second-order valence-corrected chi connectivity index (χ2v) is 1.12. The summed E-state index contributed by atoms with van der Waals surface area (Å²) in [6.45, 7) is -6.93. The highest BCUT2D eigenvalue weighted by Crippen LogP contribution is 2.03. The zero-order chi connectivity index (χ0) is 13.6. The molecule has 0 aromatic rings. The van der Waals surface area contributed by atoms with Gasteiger partial charge in [-0.25, -0.2) is 0 Å². The monoisotopic (exact) mass is 129 g/mol. The standard InChI is InChI=1S/C5H9ClO/c1-3-4(2)5(6)7/h4H,3H2,1-2H3/i1D3,2D3,3D2,4D. The molecule has 0 rings (SSSR count). The summed E-state index contributed by atoms with van der Waals surface area (Å²) < 4.78 is 62.9. The number of halogens is 1. The SMILES string of the molecule is [2H]C([2H])([2H])C([2H])([2H])C([2H])(C(=O)Cl)C([2H])([2H])[2H]. The molecule has 0 fully saturated rings. The van der Waals surface area contributed by atoms with Gasteiger partial charge in [-0.2, -0.15) is 0 Å². The Labute approximate surface area is 61.3 Å². The Morgan fingerprint density at radius 3 is 3.29 bits per heavy atom. The van der Waals surface area contributed by atoms with E-state index in [1.54, 1.807) is 0 Å². The molecule has 0 aromatic carbocycles. The maximum absolute atomic E-state index is 10.9. The van der Waals surface area contributed by atoms with Gasteiger partial charge in [0.1, 0.15) is 0 Å². The normalized spacial score (nSPS) is 42.7. The number of hydrogen-bond donors (Lipinski definition) is 0. The molecule has 0 aliphatic heterocycles. The van der Waals surface area contributed by atoms with Crippen molar-refractivity contribution in [1.29, 1.82) is 0 Å². The summed E-state index contributed by atoms with van der Waals surface area (Å²) in [5, 5.41) is -1.87. The quantitative estimate of drug-likeness (QED) is 0.520. The average Bonchev–Trinajstić information content (AvgIpc) is 1.97. The molecule has 0 saturated heterocycles. The van der Waals surface area contributed by atoms with Crippen molar-refractivity contribution in [2.75, 3.05) is 0 Å². The Morgan fingerprint density at radius 1 is 2.43 bits per heavy atom. The lowest BCUT2D eigenvalue weighted by Gasteiger charge is -1.95. The van der Waals surface area contributed by atoms with E-state index in [0.29, 0.717) is 0 Å². The molecule has 0 bridgehead atoms. The summed E-state index contributed by atoms with van der Waals surface area (Å²) in [6, 6.07) is 0. The molecule has 0 amide bonds. The zero-order valence-corrected chi connectivity index (χ0v) is 4.04. The molecule has 0 heterocycles. The van der Waals surface area contributed by atoms with Gasteiger partial charge in [-0.3, -0.25) is 4.79 Å². The van der Waals surface area contributed by atoms with Crippen LogP contribution in [0.25, 0.3) is 0 Å². The van der Waals surface area contributed by atoms with Crippen molar-refractivity contribution in [3.8, 4) is 0 Å². The molecule has 0 saturated carbocycles. The average molecular weight is 130 g/mol. The van der Waals surface area contributed by atoms with Crippen LogP contribution in [-0.4, -0.2) is 5.24 Å². The molecule has 1 atom stereocenters. The molecule has 0 aliphatic rings. The molecular formula is C5H9ClO. The molecule has 0 radical (unpaired) electrons. The van der Waals surface area contributed by atoms with Crippen LogP contribution in [-0.2, 0) is 4.79 Å². The second kappa shape index (κ2) is 3.03. The van der Waals surface area contributed by atoms with Gasteiger partial charge >= 0.3 is 0 Å². The predicted octanol–water partition coefficient (Wildman–Crippen LogP) is 1.80. The number of carbonyl (C=O) groups is 1. The van der Waals surface area contributed by atoms with E-state index in [2.05, 4.69) is 0 Å². The Bertz CT molecular complexity index is 291. The first kappa shape index (κ1) is 1.10. The molecular weight excluding hydrogens is 112 g/mol. The number of carbonyl (C=O) groups excluding carboxylic acids is 1. The van der Waals surface area contributed by atoms with E-state index in [0.717, 1.165) is 0 Å². The summed E-state index contributed by atoms with van der Waals surface area (Å²) in [5.41, 5.74) is 0. The molecule has 0 aliphatic carbocycles. The number of hydrogen-bond acceptors (Lipinski definition) is 1. The van der Waals surface area contributed by atoms with Crippen LogP contribution in [0.3, 0.4) is 0 Å². The predicted molar refractivity (Wildman–Crippen MR) is 30.3 cm³/mol. The molecule has 0 N–H and O–H groups in total. The van der Waals surface area contributed by atoms with Crippen LogP contribution < -0.4 is 0 Å². The van der Waals surface area contributed by atoms with Crippen molar-refractivity contribution >= 4 is 16.8 Å². The van der Waals surface area contributed by atoms with E-state index >= 15 is 0 Å². The molecule has 0 aromatic heterocycles. The van der Waals surface area contributed by atoms with Crippen LogP contribution in [0, 0.1) is 5.89 Å². The molecule has 0 spiro atoms. The van der Waals surface area contributed by atoms with Crippen LogP contribution in [0.1, 0.15) is 32.4 Å². The van der Waals surface area contributed by atoms with Gasteiger partial charge < -0.3 is 0 Å². The third-order valence-electron chi connectivity index (χ3n) is 0.322. The molecule has 42 valence electrons. The van der Waals surface area contributed by atoms with E-state index in [9.17, 15) is 4.79 Å². The van der Waals surface area contributed by atoms with Gasteiger partial charge in [0.15, 0.2) is 0 Å². The highest BCUT2D eigenvalue weighted by atomic mass is 35.5. The summed E-state index contributed by atoms with van der Waals surface area (Å²) in [5.74, 6) is -3.53. The molecule has 7 heavy (non-hydrogen) atoms. The largest absolute Gasteiger partial charge is 0.281 e. The van der Waals surface area contributed by atoms with Gasteiger partial charge in [-0.15, -0.1) is 0 Å². The molecule has 1 nitrogen and oxygen atoms in total. The summed E-state index contributed by atoms with van der Waals surface area (Å²) in [7, 11) is 0. The Hall–Kier alpha value is -0.0400. The summed E-state index contributed by atoms with van der Waals surface area (Å²) in [4.78, 5) is 10.9. The first-order valence-corrected chi connectivity index (χ1v) is 1.77. The topological polar surface area (TPSA) is 17.1 Å². The van der Waals surface area contributed by atoms with Gasteiger partial charge in [-0.05, 0) is 18.0 Å². The lowest BCUT2D eigenvalue weighted by atomic mass is 10.1. The van der Waals surface area contributed by atoms with E-state index in [-0.39, 0.29) is 0 Å². The van der Waals surface area contributed by atoms with Crippen molar-refractivity contribution < 1.29 is 17.1 Å². The van der Waals surface area contributed by atoms with Crippen molar-refractivity contribution in [2.45, 2.75) is 20.1 Å². The van der Waals surface area contributed by atoms with E-state index in [1.807, 2.05) is 0 Å². The van der Waals surface area contributed by atoms with Crippen LogP contribution in [0.4, 0.5) is 0 Å². The van der Waals surface area contributed by atoms with Crippen molar-refractivity contribution in [3.63, 3.8) is 0 Å². The van der Waals surface area contributed by atoms with E-state index in [1.165, 1.54) is 0 Å². The minimum Gasteiger partial charge on any atom is -0.281 e.